The van der Waals surface area contributed by atoms with Crippen LogP contribution in [0.1, 0.15) is 16.1 Å². The number of carbonyl (C=O) groups excluding carboxylic acids is 1. The molecule has 0 fully saturated rings. The molecule has 0 N–H and O–H groups in total. The van der Waals surface area contributed by atoms with Gasteiger partial charge in [-0.2, -0.15) is 5.26 Å². The molecule has 1 rings (SSSR count). The number of hydrogen-bond donors (Lipinski definition) is 0. The Morgan fingerprint density at radius 1 is 1.64 bits per heavy atom. The molecule has 0 aromatic carbocycles. The van der Waals surface area contributed by atoms with E-state index in [0.29, 0.717) is 11.8 Å². The maximum atomic E-state index is 10.2. The second-order valence-corrected chi connectivity index (χ2v) is 2.22. The molecule has 0 unspecified atom stereocenters. The van der Waals surface area contributed by atoms with Gasteiger partial charge in [0.15, 0.2) is 6.29 Å². The quantitative estimate of drug-likeness (QED) is 0.468. The van der Waals surface area contributed by atoms with Crippen molar-refractivity contribution in [2.24, 2.45) is 0 Å². The molecule has 3 nitrogen and oxygen atoms in total. The Morgan fingerprint density at radius 3 is 2.91 bits per heavy atom. The Morgan fingerprint density at radius 2 is 2.36 bits per heavy atom. The van der Waals surface area contributed by atoms with Crippen molar-refractivity contribution in [3.63, 3.8) is 0 Å². The lowest BCUT2D eigenvalue weighted by molar-refractivity contribution is 0.111. The van der Waals surface area contributed by atoms with Gasteiger partial charge in [-0.15, -0.1) is 0 Å². The molecule has 0 amide bonds. The fourth-order valence-electron chi connectivity index (χ4n) is 0.642. The zero-order valence-corrected chi connectivity index (χ0v) is 6.17. The molecule has 54 valence electrons. The normalized spacial score (nSPS) is 8.73. The number of halogens is 1. The minimum absolute atomic E-state index is 0.158. The van der Waals surface area contributed by atoms with Crippen LogP contribution in [0.15, 0.2) is 12.1 Å². The van der Waals surface area contributed by atoms with Crippen LogP contribution in [-0.2, 0) is 0 Å². The van der Waals surface area contributed by atoms with Gasteiger partial charge in [-0.3, -0.25) is 4.79 Å². The van der Waals surface area contributed by atoms with E-state index in [1.54, 1.807) is 0 Å². The summed E-state index contributed by atoms with van der Waals surface area (Å²) < 4.78 is 0. The smallest absolute Gasteiger partial charge is 0.168 e. The minimum atomic E-state index is 0.158. The molecular weight excluding hydrogens is 164 g/mol. The molecule has 0 saturated heterocycles. The lowest BCUT2D eigenvalue weighted by Gasteiger charge is -1.91. The van der Waals surface area contributed by atoms with E-state index in [1.165, 1.54) is 12.1 Å². The van der Waals surface area contributed by atoms with Crippen LogP contribution >= 0.6 is 11.6 Å². The van der Waals surface area contributed by atoms with Crippen molar-refractivity contribution in [1.82, 2.24) is 4.98 Å². The first kappa shape index (κ1) is 7.70. The lowest BCUT2D eigenvalue weighted by Crippen LogP contribution is -1.88. The number of rotatable bonds is 1. The zero-order valence-electron chi connectivity index (χ0n) is 5.41. The third kappa shape index (κ3) is 1.76. The van der Waals surface area contributed by atoms with E-state index in [9.17, 15) is 4.79 Å². The highest BCUT2D eigenvalue weighted by molar-refractivity contribution is 6.29. The number of hydrogen-bond acceptors (Lipinski definition) is 3. The van der Waals surface area contributed by atoms with Gasteiger partial charge in [-0.05, 0) is 12.1 Å². The monoisotopic (exact) mass is 166 g/mol. The molecule has 0 aliphatic heterocycles. The van der Waals surface area contributed by atoms with Crippen molar-refractivity contribution in [3.05, 3.63) is 28.5 Å². The maximum absolute atomic E-state index is 10.2. The van der Waals surface area contributed by atoms with Gasteiger partial charge in [0.05, 0.1) is 11.6 Å². The summed E-state index contributed by atoms with van der Waals surface area (Å²) in [5, 5.41) is 8.59. The predicted octanol–water partition coefficient (Wildman–Crippen LogP) is 1.42. The van der Waals surface area contributed by atoms with Gasteiger partial charge in [0, 0.05) is 0 Å². The van der Waals surface area contributed by atoms with Gasteiger partial charge in [0.2, 0.25) is 0 Å². The molecule has 0 radical (unpaired) electrons. The topological polar surface area (TPSA) is 53.8 Å². The number of nitrogens with zero attached hydrogens (tertiary/aromatic N) is 2. The molecule has 1 heterocycles. The van der Waals surface area contributed by atoms with Crippen molar-refractivity contribution in [3.8, 4) is 6.07 Å². The Balaban J connectivity index is 3.25. The van der Waals surface area contributed by atoms with Gasteiger partial charge in [0.1, 0.15) is 10.8 Å². The van der Waals surface area contributed by atoms with E-state index >= 15 is 0 Å². The van der Waals surface area contributed by atoms with E-state index in [-0.39, 0.29) is 10.8 Å². The summed E-state index contributed by atoms with van der Waals surface area (Å²) in [4.78, 5) is 13.8. The molecule has 0 saturated carbocycles. The van der Waals surface area contributed by atoms with Crippen LogP contribution in [0.5, 0.6) is 0 Å². The van der Waals surface area contributed by atoms with Gasteiger partial charge < -0.3 is 0 Å². The zero-order chi connectivity index (χ0) is 8.27. The largest absolute Gasteiger partial charge is 0.296 e. The maximum Gasteiger partial charge on any atom is 0.168 e. The molecule has 0 aliphatic rings. The number of aldehydes is 1. The average Bonchev–Trinajstić information content (AvgIpc) is 2.03. The Bertz CT molecular complexity index is 330. The first-order valence-corrected chi connectivity index (χ1v) is 3.17. The summed E-state index contributed by atoms with van der Waals surface area (Å²) in [6, 6.07) is 4.63. The highest BCUT2D eigenvalue weighted by atomic mass is 35.5. The van der Waals surface area contributed by atoms with Crippen molar-refractivity contribution < 1.29 is 4.79 Å². The number of pyridine rings is 1. The molecule has 0 aliphatic carbocycles. The lowest BCUT2D eigenvalue weighted by atomic mass is 10.2. The summed E-state index contributed by atoms with van der Waals surface area (Å²) in [6.07, 6.45) is 0.548. The number of nitriles is 1. The predicted molar refractivity (Wildman–Crippen MR) is 39.3 cm³/mol. The number of aromatic nitrogens is 1. The van der Waals surface area contributed by atoms with E-state index in [0.717, 1.165) is 0 Å². The molecule has 1 aromatic rings. The van der Waals surface area contributed by atoms with Crippen LogP contribution < -0.4 is 0 Å². The van der Waals surface area contributed by atoms with Crippen LogP contribution in [0.3, 0.4) is 0 Å². The fourth-order valence-corrected chi connectivity index (χ4v) is 0.857. The van der Waals surface area contributed by atoms with E-state index < -0.39 is 0 Å². The first-order valence-electron chi connectivity index (χ1n) is 2.79. The molecule has 0 atom stereocenters. The number of carbonyl (C=O) groups is 1. The van der Waals surface area contributed by atoms with Crippen molar-refractivity contribution in [2.45, 2.75) is 0 Å². The molecule has 1 aromatic heterocycles. The molecular formula is C7H3ClN2O. The molecule has 0 spiro atoms. The van der Waals surface area contributed by atoms with Crippen molar-refractivity contribution >= 4 is 17.9 Å². The van der Waals surface area contributed by atoms with Crippen LogP contribution in [0.4, 0.5) is 0 Å². The third-order valence-corrected chi connectivity index (χ3v) is 1.26. The van der Waals surface area contributed by atoms with Gasteiger partial charge >= 0.3 is 0 Å². The van der Waals surface area contributed by atoms with Gasteiger partial charge in [-0.1, -0.05) is 11.6 Å². The van der Waals surface area contributed by atoms with Gasteiger partial charge in [0.25, 0.3) is 0 Å². The molecule has 4 heteroatoms. The van der Waals surface area contributed by atoms with Crippen LogP contribution in [-0.4, -0.2) is 11.3 Å². The summed E-state index contributed by atoms with van der Waals surface area (Å²) in [5.41, 5.74) is 0.515. The fraction of sp³-hybridized carbons (Fsp3) is 0. The second-order valence-electron chi connectivity index (χ2n) is 1.83. The summed E-state index contributed by atoms with van der Waals surface area (Å²) in [6.45, 7) is 0. The molecule has 0 bridgehead atoms. The van der Waals surface area contributed by atoms with E-state index in [1.807, 2.05) is 6.07 Å². The van der Waals surface area contributed by atoms with E-state index in [2.05, 4.69) is 4.98 Å². The Kier molecular flexibility index (Phi) is 2.19. The standard InChI is InChI=1S/C7H3ClN2O/c8-7-2-5(3-9)1-6(4-11)10-7/h1-2,4H. The minimum Gasteiger partial charge on any atom is -0.296 e. The average molecular weight is 167 g/mol. The first-order chi connectivity index (χ1) is 5.26. The highest BCUT2D eigenvalue weighted by Gasteiger charge is 1.98. The highest BCUT2D eigenvalue weighted by Crippen LogP contribution is 2.08. The van der Waals surface area contributed by atoms with Gasteiger partial charge in [-0.25, -0.2) is 4.98 Å². The summed E-state index contributed by atoms with van der Waals surface area (Å²) in [7, 11) is 0. The van der Waals surface area contributed by atoms with Crippen LogP contribution in [0.2, 0.25) is 5.15 Å². The van der Waals surface area contributed by atoms with Crippen molar-refractivity contribution in [1.29, 1.82) is 5.26 Å². The SMILES string of the molecule is N#Cc1cc(Cl)nc(C=O)c1. The Hall–Kier alpha value is -1.40. The summed E-state index contributed by atoms with van der Waals surface area (Å²) >= 11 is 5.49. The van der Waals surface area contributed by atoms with Crippen LogP contribution in [0, 0.1) is 11.3 Å². The van der Waals surface area contributed by atoms with Crippen LogP contribution in [0.25, 0.3) is 0 Å². The second kappa shape index (κ2) is 3.13. The van der Waals surface area contributed by atoms with E-state index in [4.69, 9.17) is 16.9 Å². The van der Waals surface area contributed by atoms with Crippen molar-refractivity contribution in [2.75, 3.05) is 0 Å². The summed E-state index contributed by atoms with van der Waals surface area (Å²) in [5.74, 6) is 0. The third-order valence-electron chi connectivity index (χ3n) is 1.06. The Labute approximate surface area is 68.2 Å². The molecule has 11 heavy (non-hydrogen) atoms.